The molecular weight excluding hydrogens is 533 g/mol. The van der Waals surface area contributed by atoms with Gasteiger partial charge in [0.05, 0.1) is 0 Å². The molecule has 4 rings (SSSR count). The van der Waals surface area contributed by atoms with Crippen molar-refractivity contribution in [3.63, 3.8) is 0 Å². The smallest absolute Gasteiger partial charge is 0.191 e. The summed E-state index contributed by atoms with van der Waals surface area (Å²) in [5, 5.41) is 7.20. The quantitative estimate of drug-likeness (QED) is 0.265. The second-order valence-electron chi connectivity index (χ2n) is 9.59. The molecule has 2 aromatic carbocycles. The summed E-state index contributed by atoms with van der Waals surface area (Å²) >= 11 is 0. The zero-order valence-electron chi connectivity index (χ0n) is 20.7. The van der Waals surface area contributed by atoms with Gasteiger partial charge in [0.2, 0.25) is 0 Å². The minimum Gasteiger partial charge on any atom is -0.357 e. The highest BCUT2D eigenvalue weighted by Crippen LogP contribution is 2.18. The first-order valence-corrected chi connectivity index (χ1v) is 12.9. The molecule has 0 radical (unpaired) electrons. The van der Waals surface area contributed by atoms with Gasteiger partial charge >= 0.3 is 0 Å². The van der Waals surface area contributed by atoms with Crippen LogP contribution in [0.2, 0.25) is 0 Å². The first-order chi connectivity index (χ1) is 16.3. The van der Waals surface area contributed by atoms with Crippen LogP contribution in [0.5, 0.6) is 0 Å². The third kappa shape index (κ3) is 8.86. The molecule has 0 aromatic heterocycles. The number of guanidine groups is 1. The second kappa shape index (κ2) is 14.7. The molecule has 2 fully saturated rings. The number of likely N-dealkylation sites (tertiary alicyclic amines) is 2. The van der Waals surface area contributed by atoms with Crippen LogP contribution in [-0.2, 0) is 13.0 Å². The van der Waals surface area contributed by atoms with Gasteiger partial charge in [-0.3, -0.25) is 9.89 Å². The summed E-state index contributed by atoms with van der Waals surface area (Å²) in [5.74, 6) is 1.67. The van der Waals surface area contributed by atoms with Crippen LogP contribution in [0, 0.1) is 5.92 Å². The summed E-state index contributed by atoms with van der Waals surface area (Å²) in [6.07, 6.45) is 4.75. The molecular formula is C28H42IN5. The summed E-state index contributed by atoms with van der Waals surface area (Å²) in [5.41, 5.74) is 2.85. The van der Waals surface area contributed by atoms with Crippen molar-refractivity contribution < 1.29 is 0 Å². The fourth-order valence-electron chi connectivity index (χ4n) is 5.01. The van der Waals surface area contributed by atoms with Crippen molar-refractivity contribution in [2.75, 3.05) is 45.8 Å². The Bertz CT molecular complexity index is 836. The Labute approximate surface area is 223 Å². The topological polar surface area (TPSA) is 42.9 Å². The normalized spacial score (nSPS) is 20.1. The summed E-state index contributed by atoms with van der Waals surface area (Å²) < 4.78 is 0. The van der Waals surface area contributed by atoms with Crippen LogP contribution in [0.25, 0.3) is 0 Å². The van der Waals surface area contributed by atoms with E-state index in [1.165, 1.54) is 43.5 Å². The van der Waals surface area contributed by atoms with Crippen molar-refractivity contribution in [2.24, 2.45) is 10.9 Å². The maximum atomic E-state index is 4.98. The van der Waals surface area contributed by atoms with E-state index in [0.29, 0.717) is 12.0 Å². The Morgan fingerprint density at radius 3 is 2.21 bits per heavy atom. The van der Waals surface area contributed by atoms with Crippen LogP contribution in [0.1, 0.15) is 37.3 Å². The van der Waals surface area contributed by atoms with Gasteiger partial charge in [-0.05, 0) is 56.2 Å². The van der Waals surface area contributed by atoms with Gasteiger partial charge < -0.3 is 15.5 Å². The number of hydrogen-bond acceptors (Lipinski definition) is 3. The fourth-order valence-corrected chi connectivity index (χ4v) is 5.01. The Balaban J connectivity index is 0.00000324. The highest BCUT2D eigenvalue weighted by atomic mass is 127. The maximum absolute atomic E-state index is 4.98. The van der Waals surface area contributed by atoms with E-state index >= 15 is 0 Å². The summed E-state index contributed by atoms with van der Waals surface area (Å²) in [7, 11) is 0. The lowest BCUT2D eigenvalue weighted by atomic mass is 10.0. The number of hydrogen-bond donors (Lipinski definition) is 2. The SMILES string of the molecule is CCNC(=NCC1CCN(CCc2ccccc2)C1)NC1CCN(Cc2ccccc2)CC1.I. The average Bonchev–Trinajstić information content (AvgIpc) is 3.32. The molecule has 2 aliphatic heterocycles. The predicted octanol–water partition coefficient (Wildman–Crippen LogP) is 4.39. The molecule has 0 saturated carbocycles. The summed E-state index contributed by atoms with van der Waals surface area (Å²) in [6.45, 7) is 10.9. The van der Waals surface area contributed by atoms with Gasteiger partial charge in [-0.15, -0.1) is 24.0 Å². The molecule has 2 heterocycles. The van der Waals surface area contributed by atoms with Gasteiger partial charge in [0, 0.05) is 51.9 Å². The summed E-state index contributed by atoms with van der Waals surface area (Å²) in [6, 6.07) is 22.2. The van der Waals surface area contributed by atoms with E-state index < -0.39 is 0 Å². The molecule has 0 bridgehead atoms. The fraction of sp³-hybridized carbons (Fsp3) is 0.536. The Hall–Kier alpha value is -1.64. The number of nitrogens with zero attached hydrogens (tertiary/aromatic N) is 3. The van der Waals surface area contributed by atoms with E-state index in [0.717, 1.165) is 51.6 Å². The molecule has 1 atom stereocenters. The monoisotopic (exact) mass is 575 g/mol. The van der Waals surface area contributed by atoms with E-state index in [4.69, 9.17) is 4.99 Å². The van der Waals surface area contributed by atoms with Gasteiger partial charge in [0.15, 0.2) is 5.96 Å². The number of nitrogens with one attached hydrogen (secondary N) is 2. The third-order valence-electron chi connectivity index (χ3n) is 6.96. The van der Waals surface area contributed by atoms with E-state index in [2.05, 4.69) is 88.0 Å². The molecule has 2 saturated heterocycles. The lowest BCUT2D eigenvalue weighted by Crippen LogP contribution is -2.48. The standard InChI is InChI=1S/C28H41N5.HI/c1-2-29-28(31-27-15-19-33(20-16-27)22-25-11-7-4-8-12-25)30-21-26-14-18-32(23-26)17-13-24-9-5-3-6-10-24;/h3-12,26-27H,2,13-23H2,1H3,(H2,29,30,31);1H. The van der Waals surface area contributed by atoms with Crippen LogP contribution in [-0.4, -0.2) is 67.6 Å². The highest BCUT2D eigenvalue weighted by molar-refractivity contribution is 14.0. The van der Waals surface area contributed by atoms with Crippen molar-refractivity contribution in [3.8, 4) is 0 Å². The van der Waals surface area contributed by atoms with Crippen molar-refractivity contribution in [1.82, 2.24) is 20.4 Å². The minimum absolute atomic E-state index is 0. The molecule has 0 spiro atoms. The van der Waals surface area contributed by atoms with Crippen LogP contribution in [0.4, 0.5) is 0 Å². The third-order valence-corrected chi connectivity index (χ3v) is 6.96. The van der Waals surface area contributed by atoms with E-state index in [1.54, 1.807) is 0 Å². The van der Waals surface area contributed by atoms with E-state index in [-0.39, 0.29) is 24.0 Å². The Kier molecular flexibility index (Phi) is 11.6. The number of halogens is 1. The minimum atomic E-state index is 0. The first-order valence-electron chi connectivity index (χ1n) is 12.9. The average molecular weight is 576 g/mol. The van der Waals surface area contributed by atoms with Gasteiger partial charge in [-0.1, -0.05) is 60.7 Å². The largest absolute Gasteiger partial charge is 0.357 e. The molecule has 6 heteroatoms. The highest BCUT2D eigenvalue weighted by Gasteiger charge is 2.23. The molecule has 5 nitrogen and oxygen atoms in total. The Morgan fingerprint density at radius 1 is 0.882 bits per heavy atom. The first kappa shape index (κ1) is 27.0. The van der Waals surface area contributed by atoms with Crippen LogP contribution >= 0.6 is 24.0 Å². The maximum Gasteiger partial charge on any atom is 0.191 e. The second-order valence-corrected chi connectivity index (χ2v) is 9.59. The van der Waals surface area contributed by atoms with Crippen molar-refractivity contribution >= 4 is 29.9 Å². The van der Waals surface area contributed by atoms with Crippen LogP contribution < -0.4 is 10.6 Å². The predicted molar refractivity (Wildman–Crippen MR) is 154 cm³/mol. The summed E-state index contributed by atoms with van der Waals surface area (Å²) in [4.78, 5) is 10.2. The molecule has 2 aromatic rings. The van der Waals surface area contributed by atoms with E-state index in [1.807, 2.05) is 0 Å². The molecule has 34 heavy (non-hydrogen) atoms. The molecule has 186 valence electrons. The van der Waals surface area contributed by atoms with Crippen molar-refractivity contribution in [3.05, 3.63) is 71.8 Å². The number of piperidine rings is 1. The molecule has 2 aliphatic rings. The zero-order chi connectivity index (χ0) is 22.7. The Morgan fingerprint density at radius 2 is 1.53 bits per heavy atom. The number of benzene rings is 2. The van der Waals surface area contributed by atoms with Gasteiger partial charge in [0.1, 0.15) is 0 Å². The molecule has 0 aliphatic carbocycles. The lowest BCUT2D eigenvalue weighted by Gasteiger charge is -2.33. The van der Waals surface area contributed by atoms with Gasteiger partial charge in [-0.2, -0.15) is 0 Å². The lowest BCUT2D eigenvalue weighted by molar-refractivity contribution is 0.198. The van der Waals surface area contributed by atoms with Gasteiger partial charge in [-0.25, -0.2) is 0 Å². The van der Waals surface area contributed by atoms with Crippen molar-refractivity contribution in [2.45, 2.75) is 45.2 Å². The zero-order valence-corrected chi connectivity index (χ0v) is 23.0. The molecule has 1 unspecified atom stereocenters. The number of rotatable bonds is 9. The van der Waals surface area contributed by atoms with Crippen molar-refractivity contribution in [1.29, 1.82) is 0 Å². The van der Waals surface area contributed by atoms with Crippen LogP contribution in [0.3, 0.4) is 0 Å². The molecule has 0 amide bonds. The van der Waals surface area contributed by atoms with E-state index in [9.17, 15) is 0 Å². The van der Waals surface area contributed by atoms with Crippen LogP contribution in [0.15, 0.2) is 65.7 Å². The van der Waals surface area contributed by atoms with Gasteiger partial charge in [0.25, 0.3) is 0 Å². The molecule has 2 N–H and O–H groups in total. The number of aliphatic imine (C=N–C) groups is 1.